The van der Waals surface area contributed by atoms with Gasteiger partial charge in [-0.15, -0.1) is 0 Å². The molecule has 0 radical (unpaired) electrons. The Bertz CT molecular complexity index is 233. The third-order valence-electron chi connectivity index (χ3n) is 1.94. The van der Waals surface area contributed by atoms with Crippen LogP contribution in [0.2, 0.25) is 0 Å². The van der Waals surface area contributed by atoms with E-state index in [9.17, 15) is 9.59 Å². The summed E-state index contributed by atoms with van der Waals surface area (Å²) in [6.07, 6.45) is 1.01. The highest BCUT2D eigenvalue weighted by atomic mass is 32.2. The van der Waals surface area contributed by atoms with Gasteiger partial charge in [0.2, 0.25) is 5.91 Å². The molecule has 0 heterocycles. The lowest BCUT2D eigenvalue weighted by molar-refractivity contribution is -0.144. The summed E-state index contributed by atoms with van der Waals surface area (Å²) in [5.74, 6) is -0.455. The quantitative estimate of drug-likeness (QED) is 0.544. The van der Waals surface area contributed by atoms with E-state index in [1.54, 1.807) is 0 Å². The number of carbonyl (C=O) groups is 2. The van der Waals surface area contributed by atoms with E-state index in [1.165, 1.54) is 18.7 Å². The number of nitrogens with one attached hydrogen (secondary N) is 1. The lowest BCUT2D eigenvalue weighted by atomic mass is 10.2. The van der Waals surface area contributed by atoms with E-state index in [0.717, 1.165) is 18.6 Å². The zero-order chi connectivity index (χ0) is 12.6. The summed E-state index contributed by atoms with van der Waals surface area (Å²) in [5.41, 5.74) is 0. The molecule has 0 saturated carbocycles. The molecule has 1 amide bonds. The summed E-state index contributed by atoms with van der Waals surface area (Å²) in [6, 6.07) is -1.22. The number of amides is 1. The molecule has 0 aliphatic heterocycles. The molecule has 3 N–H and O–H groups in total. The van der Waals surface area contributed by atoms with Crippen molar-refractivity contribution in [2.75, 3.05) is 11.5 Å². The van der Waals surface area contributed by atoms with Crippen molar-refractivity contribution in [1.29, 1.82) is 0 Å². The molecule has 6 heteroatoms. The van der Waals surface area contributed by atoms with E-state index >= 15 is 0 Å². The maximum atomic E-state index is 11.3. The van der Waals surface area contributed by atoms with Crippen LogP contribution in [0.5, 0.6) is 0 Å². The molecular formula is C10H19NO4S. The summed E-state index contributed by atoms with van der Waals surface area (Å²) in [6.45, 7) is 3.40. The SMILES string of the molecule is CCCCSCC(=O)NC(C(=O)O)C(C)O. The number of aliphatic hydroxyl groups excluding tert-OH is 1. The Labute approximate surface area is 99.6 Å². The van der Waals surface area contributed by atoms with Crippen molar-refractivity contribution in [3.05, 3.63) is 0 Å². The van der Waals surface area contributed by atoms with Crippen LogP contribution in [0.1, 0.15) is 26.7 Å². The van der Waals surface area contributed by atoms with Gasteiger partial charge in [-0.25, -0.2) is 4.79 Å². The number of rotatable bonds is 8. The minimum absolute atomic E-state index is 0.233. The van der Waals surface area contributed by atoms with E-state index < -0.39 is 18.1 Å². The van der Waals surface area contributed by atoms with Crippen LogP contribution in [0, 0.1) is 0 Å². The van der Waals surface area contributed by atoms with Gasteiger partial charge in [0, 0.05) is 0 Å². The van der Waals surface area contributed by atoms with Crippen molar-refractivity contribution in [3.63, 3.8) is 0 Å². The molecule has 0 saturated heterocycles. The molecular weight excluding hydrogens is 230 g/mol. The first-order valence-corrected chi connectivity index (χ1v) is 6.42. The minimum atomic E-state index is -1.22. The molecule has 0 fully saturated rings. The monoisotopic (exact) mass is 249 g/mol. The molecule has 2 unspecified atom stereocenters. The van der Waals surface area contributed by atoms with E-state index in [4.69, 9.17) is 10.2 Å². The Morgan fingerprint density at radius 3 is 2.50 bits per heavy atom. The molecule has 16 heavy (non-hydrogen) atoms. The Balaban J connectivity index is 3.87. The highest BCUT2D eigenvalue weighted by Crippen LogP contribution is 2.04. The first kappa shape index (κ1) is 15.2. The maximum absolute atomic E-state index is 11.3. The van der Waals surface area contributed by atoms with Crippen molar-refractivity contribution in [3.8, 4) is 0 Å². The fourth-order valence-corrected chi connectivity index (χ4v) is 1.92. The second-order valence-electron chi connectivity index (χ2n) is 3.53. The largest absolute Gasteiger partial charge is 0.480 e. The van der Waals surface area contributed by atoms with Gasteiger partial charge in [0.25, 0.3) is 0 Å². The standard InChI is InChI=1S/C10H19NO4S/c1-3-4-5-16-6-8(13)11-9(7(2)12)10(14)15/h7,9,12H,3-6H2,1-2H3,(H,11,13)(H,14,15). The van der Waals surface area contributed by atoms with E-state index in [1.807, 2.05) is 0 Å². The van der Waals surface area contributed by atoms with Gasteiger partial charge in [0.1, 0.15) is 0 Å². The molecule has 0 bridgehead atoms. The van der Waals surface area contributed by atoms with Crippen molar-refractivity contribution < 1.29 is 19.8 Å². The van der Waals surface area contributed by atoms with Gasteiger partial charge in [-0.05, 0) is 19.1 Å². The van der Waals surface area contributed by atoms with Crippen LogP contribution >= 0.6 is 11.8 Å². The predicted octanol–water partition coefficient (Wildman–Crippen LogP) is 0.470. The molecule has 0 rings (SSSR count). The Hall–Kier alpha value is -0.750. The van der Waals surface area contributed by atoms with Crippen LogP contribution in [0.3, 0.4) is 0 Å². The molecule has 0 aromatic heterocycles. The number of hydrogen-bond acceptors (Lipinski definition) is 4. The molecule has 94 valence electrons. The van der Waals surface area contributed by atoms with Crippen molar-refractivity contribution in [1.82, 2.24) is 5.32 Å². The Morgan fingerprint density at radius 2 is 2.06 bits per heavy atom. The number of carbonyl (C=O) groups excluding carboxylic acids is 1. The van der Waals surface area contributed by atoms with Crippen LogP contribution < -0.4 is 5.32 Å². The second kappa shape index (κ2) is 8.41. The van der Waals surface area contributed by atoms with Crippen molar-refractivity contribution in [2.45, 2.75) is 38.8 Å². The van der Waals surface area contributed by atoms with Crippen molar-refractivity contribution in [2.24, 2.45) is 0 Å². The molecule has 5 nitrogen and oxygen atoms in total. The molecule has 0 spiro atoms. The first-order valence-electron chi connectivity index (χ1n) is 5.27. The van der Waals surface area contributed by atoms with Gasteiger partial charge < -0.3 is 15.5 Å². The molecule has 0 aliphatic rings. The lowest BCUT2D eigenvalue weighted by Gasteiger charge is -2.16. The fraction of sp³-hybridized carbons (Fsp3) is 0.800. The van der Waals surface area contributed by atoms with Crippen molar-refractivity contribution >= 4 is 23.6 Å². The van der Waals surface area contributed by atoms with Gasteiger partial charge in [-0.1, -0.05) is 13.3 Å². The summed E-state index contributed by atoms with van der Waals surface area (Å²) in [5, 5.41) is 20.1. The van der Waals surface area contributed by atoms with E-state index in [0.29, 0.717) is 0 Å². The molecule has 0 aromatic carbocycles. The highest BCUT2D eigenvalue weighted by molar-refractivity contribution is 7.99. The third kappa shape index (κ3) is 6.68. The van der Waals surface area contributed by atoms with Gasteiger partial charge in [0.05, 0.1) is 11.9 Å². The second-order valence-corrected chi connectivity index (χ2v) is 4.64. The summed E-state index contributed by atoms with van der Waals surface area (Å²) < 4.78 is 0. The number of aliphatic carboxylic acids is 1. The minimum Gasteiger partial charge on any atom is -0.480 e. The maximum Gasteiger partial charge on any atom is 0.328 e. The van der Waals surface area contributed by atoms with E-state index in [2.05, 4.69) is 12.2 Å². The van der Waals surface area contributed by atoms with Crippen LogP contribution in [0.25, 0.3) is 0 Å². The number of hydrogen-bond donors (Lipinski definition) is 3. The zero-order valence-electron chi connectivity index (χ0n) is 9.60. The number of unbranched alkanes of at least 4 members (excludes halogenated alkanes) is 1. The Kier molecular flexibility index (Phi) is 8.01. The van der Waals surface area contributed by atoms with Crippen LogP contribution in [-0.4, -0.2) is 45.7 Å². The number of carboxylic acid groups (broad SMARTS) is 1. The summed E-state index contributed by atoms with van der Waals surface area (Å²) >= 11 is 1.46. The smallest absolute Gasteiger partial charge is 0.328 e. The number of aliphatic hydroxyl groups is 1. The lowest BCUT2D eigenvalue weighted by Crippen LogP contribution is -2.48. The molecule has 0 aliphatic carbocycles. The van der Waals surface area contributed by atoms with Gasteiger partial charge >= 0.3 is 5.97 Å². The summed E-state index contributed by atoms with van der Waals surface area (Å²) in [7, 11) is 0. The van der Waals surface area contributed by atoms with Gasteiger partial charge in [0.15, 0.2) is 6.04 Å². The predicted molar refractivity (Wildman–Crippen MR) is 63.5 cm³/mol. The average Bonchev–Trinajstić information content (AvgIpc) is 2.20. The average molecular weight is 249 g/mol. The number of thioether (sulfide) groups is 1. The normalized spacial score (nSPS) is 14.2. The first-order chi connectivity index (χ1) is 7.49. The highest BCUT2D eigenvalue weighted by Gasteiger charge is 2.24. The zero-order valence-corrected chi connectivity index (χ0v) is 10.4. The topological polar surface area (TPSA) is 86.6 Å². The molecule has 0 aromatic rings. The third-order valence-corrected chi connectivity index (χ3v) is 2.98. The van der Waals surface area contributed by atoms with Gasteiger partial charge in [-0.3, -0.25) is 4.79 Å². The Morgan fingerprint density at radius 1 is 1.44 bits per heavy atom. The molecule has 2 atom stereocenters. The summed E-state index contributed by atoms with van der Waals surface area (Å²) in [4.78, 5) is 22.0. The fourth-order valence-electron chi connectivity index (χ4n) is 1.02. The number of carboxylic acids is 1. The van der Waals surface area contributed by atoms with Crippen LogP contribution in [0.15, 0.2) is 0 Å². The van der Waals surface area contributed by atoms with Crippen LogP contribution in [-0.2, 0) is 9.59 Å². The van der Waals surface area contributed by atoms with Gasteiger partial charge in [-0.2, -0.15) is 11.8 Å². The van der Waals surface area contributed by atoms with Crippen LogP contribution in [0.4, 0.5) is 0 Å². The van der Waals surface area contributed by atoms with E-state index in [-0.39, 0.29) is 11.7 Å².